The molecule has 0 saturated heterocycles. The largest absolute Gasteiger partial charge is 0.478 e. The first-order valence-electron chi connectivity index (χ1n) is 7.10. The fraction of sp³-hybridized carbons (Fsp3) is 0.312. The molecule has 0 saturated carbocycles. The second kappa shape index (κ2) is 7.52. The lowest BCUT2D eigenvalue weighted by molar-refractivity contribution is -0.152. The van der Waals surface area contributed by atoms with Gasteiger partial charge < -0.3 is 9.84 Å². The molecule has 23 heavy (non-hydrogen) atoms. The van der Waals surface area contributed by atoms with Crippen LogP contribution in [0.3, 0.4) is 0 Å². The summed E-state index contributed by atoms with van der Waals surface area (Å²) >= 11 is 3.34. The number of ether oxygens (including phenoxy) is 1. The van der Waals surface area contributed by atoms with E-state index in [0.717, 1.165) is 16.5 Å². The van der Waals surface area contributed by atoms with Gasteiger partial charge in [0, 0.05) is 10.7 Å². The molecular formula is C16H19BrN2O4. The van der Waals surface area contributed by atoms with Crippen LogP contribution in [0.15, 0.2) is 47.2 Å². The summed E-state index contributed by atoms with van der Waals surface area (Å²) in [5.41, 5.74) is 2.76. The summed E-state index contributed by atoms with van der Waals surface area (Å²) in [7, 11) is 0. The van der Waals surface area contributed by atoms with Crippen molar-refractivity contribution < 1.29 is 19.5 Å². The average molecular weight is 383 g/mol. The number of benzene rings is 1. The van der Waals surface area contributed by atoms with Gasteiger partial charge in [0.05, 0.1) is 12.8 Å². The van der Waals surface area contributed by atoms with Gasteiger partial charge in [-0.25, -0.2) is 4.79 Å². The van der Waals surface area contributed by atoms with Crippen LogP contribution in [0.1, 0.15) is 19.4 Å². The van der Waals surface area contributed by atoms with Gasteiger partial charge in [0.15, 0.2) is 5.60 Å². The summed E-state index contributed by atoms with van der Waals surface area (Å²) in [6, 6.07) is 7.32. The molecule has 1 aromatic rings. The van der Waals surface area contributed by atoms with E-state index in [0.29, 0.717) is 12.4 Å². The quantitative estimate of drug-likeness (QED) is 0.755. The molecule has 0 fully saturated rings. The highest BCUT2D eigenvalue weighted by Crippen LogP contribution is 2.19. The molecule has 0 aromatic heterocycles. The van der Waals surface area contributed by atoms with Crippen molar-refractivity contribution in [1.82, 2.24) is 10.6 Å². The Morgan fingerprint density at radius 1 is 1.35 bits per heavy atom. The van der Waals surface area contributed by atoms with Gasteiger partial charge in [0.1, 0.15) is 5.75 Å². The minimum absolute atomic E-state index is 0.504. The predicted octanol–water partition coefficient (Wildman–Crippen LogP) is 2.97. The first-order chi connectivity index (χ1) is 10.9. The van der Waals surface area contributed by atoms with Crippen molar-refractivity contribution in [3.05, 3.63) is 52.8 Å². The van der Waals surface area contributed by atoms with Gasteiger partial charge in [0.25, 0.3) is 0 Å². The fourth-order valence-electron chi connectivity index (χ4n) is 1.76. The van der Waals surface area contributed by atoms with Crippen molar-refractivity contribution in [2.24, 2.45) is 0 Å². The molecule has 0 spiro atoms. The Morgan fingerprint density at radius 3 is 2.61 bits per heavy atom. The maximum atomic E-state index is 11.0. The van der Waals surface area contributed by atoms with E-state index in [2.05, 4.69) is 21.4 Å². The molecule has 1 heterocycles. The SMILES string of the molecule is CC(C)(Oc1ccc(CCON2C=CC(Br)=CN2)cc1)C(=O)O. The first-order valence-corrected chi connectivity index (χ1v) is 7.90. The number of hydrogen-bond acceptors (Lipinski definition) is 5. The molecule has 0 radical (unpaired) electrons. The van der Waals surface area contributed by atoms with Crippen molar-refractivity contribution >= 4 is 21.9 Å². The first kappa shape index (κ1) is 17.4. The lowest BCUT2D eigenvalue weighted by Crippen LogP contribution is -2.37. The number of allylic oxidation sites excluding steroid dienone is 2. The molecule has 124 valence electrons. The monoisotopic (exact) mass is 382 g/mol. The Bertz CT molecular complexity index is 611. The third kappa shape index (κ3) is 5.30. The predicted molar refractivity (Wildman–Crippen MR) is 89.6 cm³/mol. The lowest BCUT2D eigenvalue weighted by Gasteiger charge is -2.22. The third-order valence-electron chi connectivity index (χ3n) is 3.13. The van der Waals surface area contributed by atoms with Gasteiger partial charge in [-0.1, -0.05) is 12.1 Å². The number of carboxylic acid groups (broad SMARTS) is 1. The molecule has 7 heteroatoms. The number of nitrogens with zero attached hydrogens (tertiary/aromatic N) is 1. The van der Waals surface area contributed by atoms with E-state index in [-0.39, 0.29) is 0 Å². The van der Waals surface area contributed by atoms with E-state index in [1.807, 2.05) is 18.2 Å². The Labute approximate surface area is 143 Å². The third-order valence-corrected chi connectivity index (χ3v) is 3.62. The van der Waals surface area contributed by atoms with E-state index in [9.17, 15) is 4.79 Å². The highest BCUT2D eigenvalue weighted by atomic mass is 79.9. The normalized spacial score (nSPS) is 14.2. The van der Waals surface area contributed by atoms with Crippen LogP contribution >= 0.6 is 15.9 Å². The Hall–Kier alpha value is -1.99. The molecule has 1 aliphatic heterocycles. The summed E-state index contributed by atoms with van der Waals surface area (Å²) in [5.74, 6) is -0.476. The Morgan fingerprint density at radius 2 is 2.04 bits per heavy atom. The van der Waals surface area contributed by atoms with Gasteiger partial charge in [-0.05, 0) is 60.0 Å². The summed E-state index contributed by atoms with van der Waals surface area (Å²) in [6.07, 6.45) is 6.14. The molecule has 0 bridgehead atoms. The van der Waals surface area contributed by atoms with Crippen molar-refractivity contribution in [3.8, 4) is 5.75 Å². The number of nitrogens with one attached hydrogen (secondary N) is 1. The molecule has 0 amide bonds. The van der Waals surface area contributed by atoms with E-state index in [1.165, 1.54) is 19.0 Å². The molecular weight excluding hydrogens is 364 g/mol. The number of rotatable bonds is 7. The maximum Gasteiger partial charge on any atom is 0.347 e. The number of hydrogen-bond donors (Lipinski definition) is 2. The van der Waals surface area contributed by atoms with E-state index in [4.69, 9.17) is 14.7 Å². The van der Waals surface area contributed by atoms with E-state index in [1.54, 1.807) is 24.5 Å². The zero-order valence-electron chi connectivity index (χ0n) is 13.0. The molecule has 1 aliphatic rings. The molecule has 0 unspecified atom stereocenters. The van der Waals surface area contributed by atoms with Crippen LogP contribution in [0, 0.1) is 0 Å². The molecule has 0 atom stereocenters. The van der Waals surface area contributed by atoms with Crippen LogP contribution in [0.25, 0.3) is 0 Å². The Kier molecular flexibility index (Phi) is 5.68. The van der Waals surface area contributed by atoms with Gasteiger partial charge in [-0.2, -0.15) is 5.17 Å². The summed E-state index contributed by atoms with van der Waals surface area (Å²) < 4.78 is 6.40. The minimum atomic E-state index is -1.25. The number of halogens is 1. The van der Waals surface area contributed by atoms with Crippen LogP contribution in [-0.4, -0.2) is 28.5 Å². The standard InChI is InChI=1S/C16H19BrN2O4/c1-16(2,15(20)21)23-14-5-3-12(4-6-14)8-10-22-19-9-7-13(17)11-18-19/h3-7,9,11,18H,8,10H2,1-2H3,(H,20,21). The minimum Gasteiger partial charge on any atom is -0.478 e. The van der Waals surface area contributed by atoms with Crippen LogP contribution in [0.4, 0.5) is 0 Å². The highest BCUT2D eigenvalue weighted by molar-refractivity contribution is 9.11. The van der Waals surface area contributed by atoms with Gasteiger partial charge >= 0.3 is 5.97 Å². The van der Waals surface area contributed by atoms with E-state index < -0.39 is 11.6 Å². The van der Waals surface area contributed by atoms with Crippen LogP contribution in [0.2, 0.25) is 0 Å². The molecule has 0 aliphatic carbocycles. The Balaban J connectivity index is 1.79. The smallest absolute Gasteiger partial charge is 0.347 e. The zero-order valence-corrected chi connectivity index (χ0v) is 14.5. The van der Waals surface area contributed by atoms with Gasteiger partial charge in [0.2, 0.25) is 0 Å². The van der Waals surface area contributed by atoms with Crippen molar-refractivity contribution in [1.29, 1.82) is 0 Å². The molecule has 6 nitrogen and oxygen atoms in total. The second-order valence-corrected chi connectivity index (χ2v) is 6.36. The summed E-state index contributed by atoms with van der Waals surface area (Å²) in [6.45, 7) is 3.54. The molecule has 2 rings (SSSR count). The number of hydrazine groups is 1. The van der Waals surface area contributed by atoms with E-state index >= 15 is 0 Å². The number of carbonyl (C=O) groups is 1. The molecule has 2 N–H and O–H groups in total. The lowest BCUT2D eigenvalue weighted by atomic mass is 10.1. The van der Waals surface area contributed by atoms with Crippen LogP contribution in [-0.2, 0) is 16.1 Å². The zero-order chi connectivity index (χ0) is 16.9. The number of hydroxylamine groups is 1. The maximum absolute atomic E-state index is 11.0. The highest BCUT2D eigenvalue weighted by Gasteiger charge is 2.29. The number of carboxylic acids is 1. The van der Waals surface area contributed by atoms with Crippen molar-refractivity contribution in [2.45, 2.75) is 25.9 Å². The second-order valence-electron chi connectivity index (χ2n) is 5.44. The van der Waals surface area contributed by atoms with Gasteiger partial charge in [-0.3, -0.25) is 10.3 Å². The average Bonchev–Trinajstić information content (AvgIpc) is 2.50. The van der Waals surface area contributed by atoms with Crippen molar-refractivity contribution in [2.75, 3.05) is 6.61 Å². The fourth-order valence-corrected chi connectivity index (χ4v) is 1.98. The molecule has 1 aromatic carbocycles. The van der Waals surface area contributed by atoms with Crippen LogP contribution < -0.4 is 10.2 Å². The summed E-state index contributed by atoms with van der Waals surface area (Å²) in [5, 5.41) is 10.6. The van der Waals surface area contributed by atoms with Crippen LogP contribution in [0.5, 0.6) is 5.75 Å². The summed E-state index contributed by atoms with van der Waals surface area (Å²) in [4.78, 5) is 16.6. The van der Waals surface area contributed by atoms with Gasteiger partial charge in [-0.15, -0.1) is 0 Å². The van der Waals surface area contributed by atoms with Crippen molar-refractivity contribution in [3.63, 3.8) is 0 Å². The number of aliphatic carboxylic acids is 1. The topological polar surface area (TPSA) is 71.0 Å².